The van der Waals surface area contributed by atoms with E-state index in [2.05, 4.69) is 40.1 Å². The van der Waals surface area contributed by atoms with E-state index in [1.54, 1.807) is 0 Å². The van der Waals surface area contributed by atoms with Gasteiger partial charge >= 0.3 is 0 Å². The van der Waals surface area contributed by atoms with Gasteiger partial charge in [0.05, 0.1) is 34.0 Å². The monoisotopic (exact) mass is 507 g/mol. The van der Waals surface area contributed by atoms with E-state index < -0.39 is 5.60 Å². The summed E-state index contributed by atoms with van der Waals surface area (Å²) in [5.41, 5.74) is 4.52. The van der Waals surface area contributed by atoms with E-state index in [0.717, 1.165) is 53.9 Å². The van der Waals surface area contributed by atoms with E-state index in [9.17, 15) is 5.11 Å². The largest absolute Gasteiger partial charge is 0.390 e. The summed E-state index contributed by atoms with van der Waals surface area (Å²) in [6.45, 7) is 7.08. The lowest BCUT2D eigenvalue weighted by Crippen LogP contribution is -2.48. The molecule has 3 aromatic rings. The van der Waals surface area contributed by atoms with Crippen molar-refractivity contribution in [3.8, 4) is 6.07 Å². The average Bonchev–Trinajstić information content (AvgIpc) is 2.84. The molecule has 1 aliphatic heterocycles. The fourth-order valence-corrected chi connectivity index (χ4v) is 5.01. The van der Waals surface area contributed by atoms with Gasteiger partial charge in [0.15, 0.2) is 0 Å². The molecule has 1 atom stereocenters. The Kier molecular flexibility index (Phi) is 8.04. The molecule has 1 heterocycles. The number of rotatable bonds is 7. The second-order valence-electron chi connectivity index (χ2n) is 9.90. The normalized spacial score (nSPS) is 16.8. The third-order valence-corrected chi connectivity index (χ3v) is 7.11. The Bertz CT molecular complexity index is 1180. The lowest BCUT2D eigenvalue weighted by Gasteiger charge is -2.43. The van der Waals surface area contributed by atoms with Gasteiger partial charge in [-0.2, -0.15) is 5.26 Å². The molecule has 1 aliphatic rings. The molecule has 0 unspecified atom stereocenters. The Morgan fingerprint density at radius 1 is 0.971 bits per heavy atom. The van der Waals surface area contributed by atoms with Gasteiger partial charge in [0, 0.05) is 31.2 Å². The minimum atomic E-state index is -0.698. The van der Waals surface area contributed by atoms with Crippen molar-refractivity contribution in [2.45, 2.75) is 44.9 Å². The predicted octanol–water partition coefficient (Wildman–Crippen LogP) is 6.63. The van der Waals surface area contributed by atoms with Gasteiger partial charge in [0.1, 0.15) is 0 Å². The van der Waals surface area contributed by atoms with Gasteiger partial charge in [-0.3, -0.25) is 4.90 Å². The van der Waals surface area contributed by atoms with Crippen molar-refractivity contribution in [2.24, 2.45) is 0 Å². The van der Waals surface area contributed by atoms with Crippen molar-refractivity contribution >= 4 is 28.9 Å². The first-order chi connectivity index (χ1) is 16.7. The van der Waals surface area contributed by atoms with Crippen LogP contribution in [-0.4, -0.2) is 35.2 Å². The summed E-state index contributed by atoms with van der Waals surface area (Å²) in [5.74, 6) is 0. The number of hydrogen-bond acceptors (Lipinski definition) is 4. The minimum Gasteiger partial charge on any atom is -0.390 e. The molecule has 0 spiro atoms. The van der Waals surface area contributed by atoms with Crippen molar-refractivity contribution < 1.29 is 5.11 Å². The molecule has 0 saturated carbocycles. The molecule has 0 amide bonds. The predicted molar refractivity (Wildman–Crippen MR) is 144 cm³/mol. The van der Waals surface area contributed by atoms with Crippen LogP contribution in [0.3, 0.4) is 0 Å². The lowest BCUT2D eigenvalue weighted by molar-refractivity contribution is 0.0714. The molecule has 1 N–H and O–H groups in total. The molecule has 0 radical (unpaired) electrons. The van der Waals surface area contributed by atoms with Crippen LogP contribution >= 0.6 is 23.2 Å². The summed E-state index contributed by atoms with van der Waals surface area (Å²) < 4.78 is 0. The number of nitriles is 1. The second-order valence-corrected chi connectivity index (χ2v) is 10.7. The molecule has 1 fully saturated rings. The zero-order chi connectivity index (χ0) is 25.0. The smallest absolute Gasteiger partial charge is 0.0991 e. The summed E-state index contributed by atoms with van der Waals surface area (Å²) in [6.07, 6.45) is 1.46. The van der Waals surface area contributed by atoms with Gasteiger partial charge in [0.2, 0.25) is 0 Å². The van der Waals surface area contributed by atoms with Crippen molar-refractivity contribution in [3.05, 3.63) is 99.0 Å². The standard InChI is InChI=1S/C29H31Cl2N3O/c1-29(2,35)14-13-21-7-12-27(26(31)17-21)34-16-15-33(19-23-5-3-22(18-32)4-6-23)20-28(34)24-8-10-25(30)11-9-24/h3-12,17,28,35H,13-16,19-20H2,1-2H3/t28-/m0/s1. The van der Waals surface area contributed by atoms with E-state index in [-0.39, 0.29) is 6.04 Å². The van der Waals surface area contributed by atoms with Crippen LogP contribution in [-0.2, 0) is 13.0 Å². The highest BCUT2D eigenvalue weighted by atomic mass is 35.5. The number of piperazine rings is 1. The Balaban J connectivity index is 1.56. The summed E-state index contributed by atoms with van der Waals surface area (Å²) >= 11 is 13.0. The third-order valence-electron chi connectivity index (χ3n) is 6.56. The number of aryl methyl sites for hydroxylation is 1. The van der Waals surface area contributed by atoms with Gasteiger partial charge < -0.3 is 10.0 Å². The molecular weight excluding hydrogens is 477 g/mol. The molecule has 0 aliphatic carbocycles. The van der Waals surface area contributed by atoms with Crippen LogP contribution in [0.15, 0.2) is 66.7 Å². The highest BCUT2D eigenvalue weighted by Crippen LogP contribution is 2.36. The minimum absolute atomic E-state index is 0.124. The fraction of sp³-hybridized carbons (Fsp3) is 0.345. The highest BCUT2D eigenvalue weighted by Gasteiger charge is 2.30. The van der Waals surface area contributed by atoms with Gasteiger partial charge in [0.25, 0.3) is 0 Å². The topological polar surface area (TPSA) is 50.5 Å². The molecule has 4 rings (SSSR count). The maximum Gasteiger partial charge on any atom is 0.0991 e. The molecular formula is C29H31Cl2N3O. The van der Waals surface area contributed by atoms with Gasteiger partial charge in [-0.1, -0.05) is 53.5 Å². The van der Waals surface area contributed by atoms with Gasteiger partial charge in [-0.25, -0.2) is 0 Å². The lowest BCUT2D eigenvalue weighted by atomic mass is 9.97. The molecule has 1 saturated heterocycles. The molecule has 4 nitrogen and oxygen atoms in total. The summed E-state index contributed by atoms with van der Waals surface area (Å²) in [4.78, 5) is 4.84. The summed E-state index contributed by atoms with van der Waals surface area (Å²) in [7, 11) is 0. The van der Waals surface area contributed by atoms with Crippen LogP contribution in [0.1, 0.15) is 48.6 Å². The van der Waals surface area contributed by atoms with E-state index in [4.69, 9.17) is 28.5 Å². The summed E-state index contributed by atoms with van der Waals surface area (Å²) in [6, 6.07) is 24.5. The molecule has 35 heavy (non-hydrogen) atoms. The molecule has 0 bridgehead atoms. The van der Waals surface area contributed by atoms with Gasteiger partial charge in [-0.15, -0.1) is 0 Å². The number of nitrogens with zero attached hydrogens (tertiary/aromatic N) is 3. The van der Waals surface area contributed by atoms with E-state index in [1.807, 2.05) is 56.3 Å². The van der Waals surface area contributed by atoms with Crippen LogP contribution in [0, 0.1) is 11.3 Å². The number of halogens is 2. The second kappa shape index (κ2) is 11.0. The van der Waals surface area contributed by atoms with Crippen LogP contribution in [0.25, 0.3) is 0 Å². The SMILES string of the molecule is CC(C)(O)CCc1ccc(N2CCN(Cc3ccc(C#N)cc3)C[C@H]2c2ccc(Cl)cc2)c(Cl)c1. The Morgan fingerprint density at radius 2 is 1.66 bits per heavy atom. The Hall–Kier alpha value is -2.55. The van der Waals surface area contributed by atoms with E-state index in [0.29, 0.717) is 12.0 Å². The number of benzene rings is 3. The first-order valence-corrected chi connectivity index (χ1v) is 12.7. The zero-order valence-electron chi connectivity index (χ0n) is 20.2. The fourth-order valence-electron chi connectivity index (χ4n) is 4.57. The first-order valence-electron chi connectivity index (χ1n) is 12.0. The molecule has 182 valence electrons. The van der Waals surface area contributed by atoms with Crippen LogP contribution < -0.4 is 4.90 Å². The molecule has 0 aromatic heterocycles. The first kappa shape index (κ1) is 25.5. The number of anilines is 1. The van der Waals surface area contributed by atoms with Crippen LogP contribution in [0.5, 0.6) is 0 Å². The van der Waals surface area contributed by atoms with E-state index >= 15 is 0 Å². The number of aliphatic hydroxyl groups is 1. The Labute approximate surface area is 218 Å². The van der Waals surface area contributed by atoms with Crippen molar-refractivity contribution in [2.75, 3.05) is 24.5 Å². The maximum absolute atomic E-state index is 10.1. The quantitative estimate of drug-likeness (QED) is 0.389. The maximum atomic E-state index is 10.1. The average molecular weight is 508 g/mol. The van der Waals surface area contributed by atoms with E-state index in [1.165, 1.54) is 11.1 Å². The third kappa shape index (κ3) is 6.78. The van der Waals surface area contributed by atoms with Crippen molar-refractivity contribution in [3.63, 3.8) is 0 Å². The number of hydrogen-bond donors (Lipinski definition) is 1. The van der Waals surface area contributed by atoms with Crippen LogP contribution in [0.4, 0.5) is 5.69 Å². The highest BCUT2D eigenvalue weighted by molar-refractivity contribution is 6.33. The zero-order valence-corrected chi connectivity index (χ0v) is 21.7. The summed E-state index contributed by atoms with van der Waals surface area (Å²) in [5, 5.41) is 20.6. The van der Waals surface area contributed by atoms with Crippen molar-refractivity contribution in [1.29, 1.82) is 5.26 Å². The Morgan fingerprint density at radius 3 is 2.29 bits per heavy atom. The van der Waals surface area contributed by atoms with Crippen molar-refractivity contribution in [1.82, 2.24) is 4.90 Å². The van der Waals surface area contributed by atoms with Crippen LogP contribution in [0.2, 0.25) is 10.0 Å². The molecule has 3 aromatic carbocycles. The van der Waals surface area contributed by atoms with Gasteiger partial charge in [-0.05, 0) is 79.8 Å². The molecule has 6 heteroatoms.